The number of likely N-dealkylation sites (tertiary alicyclic amines) is 2. The Morgan fingerprint density at radius 1 is 1.31 bits per heavy atom. The Morgan fingerprint density at radius 3 is 2.42 bits per heavy atom. The molecule has 0 radical (unpaired) electrons. The minimum atomic E-state index is -4.40. The number of nitrogens with zero attached hydrogens (tertiary/aromatic N) is 2. The van der Waals surface area contributed by atoms with Crippen molar-refractivity contribution in [2.45, 2.75) is 57.5 Å². The zero-order chi connectivity index (χ0) is 19.9. The molecule has 2 heterocycles. The molecule has 2 amide bonds. The van der Waals surface area contributed by atoms with Gasteiger partial charge in [-0.3, -0.25) is 0 Å². The van der Waals surface area contributed by atoms with E-state index in [1.807, 2.05) is 0 Å². The van der Waals surface area contributed by atoms with Crippen LogP contribution in [0.5, 0.6) is 0 Å². The number of amides is 2. The van der Waals surface area contributed by atoms with Crippen molar-refractivity contribution in [3.05, 3.63) is 0 Å². The Morgan fingerprint density at radius 2 is 1.92 bits per heavy atom. The summed E-state index contributed by atoms with van der Waals surface area (Å²) in [5, 5.41) is 9.35. The molecule has 2 aliphatic heterocycles. The zero-order valence-electron chi connectivity index (χ0n) is 15.3. The van der Waals surface area contributed by atoms with Crippen LogP contribution < -0.4 is 0 Å². The lowest BCUT2D eigenvalue weighted by Crippen LogP contribution is -2.48. The van der Waals surface area contributed by atoms with Crippen LogP contribution in [0.1, 0.15) is 34.1 Å². The van der Waals surface area contributed by atoms with Gasteiger partial charge in [0.25, 0.3) is 0 Å². The Balaban J connectivity index is 2.15. The summed E-state index contributed by atoms with van der Waals surface area (Å²) in [4.78, 5) is 26.2. The molecule has 2 rings (SSSR count). The Kier molecular flexibility index (Phi) is 5.38. The molecule has 3 atom stereocenters. The SMILES string of the molecule is C[C@@H](CO[C@@]12CCN(C(=O)O)[C@@H]1CN(C(=O)OC(C)(C)C)C2)C(F)(F)F. The molecule has 0 spiro atoms. The van der Waals surface area contributed by atoms with Crippen molar-refractivity contribution in [3.63, 3.8) is 0 Å². The summed E-state index contributed by atoms with van der Waals surface area (Å²) in [5.41, 5.74) is -1.88. The highest BCUT2D eigenvalue weighted by Gasteiger charge is 2.58. The lowest BCUT2D eigenvalue weighted by atomic mass is 9.97. The summed E-state index contributed by atoms with van der Waals surface area (Å²) < 4.78 is 49.3. The van der Waals surface area contributed by atoms with Gasteiger partial charge >= 0.3 is 18.4 Å². The summed E-state index contributed by atoms with van der Waals surface area (Å²) in [6, 6.07) is -0.715. The summed E-state index contributed by atoms with van der Waals surface area (Å²) in [7, 11) is 0. The zero-order valence-corrected chi connectivity index (χ0v) is 15.3. The van der Waals surface area contributed by atoms with Gasteiger partial charge in [-0.05, 0) is 27.2 Å². The predicted octanol–water partition coefficient (Wildman–Crippen LogP) is 2.94. The van der Waals surface area contributed by atoms with Gasteiger partial charge < -0.3 is 24.4 Å². The van der Waals surface area contributed by atoms with Crippen LogP contribution in [-0.2, 0) is 9.47 Å². The lowest BCUT2D eigenvalue weighted by Gasteiger charge is -2.31. The third kappa shape index (κ3) is 4.33. The number of alkyl halides is 3. The summed E-state index contributed by atoms with van der Waals surface area (Å²) in [6.07, 6.45) is -5.99. The average Bonchev–Trinajstić information content (AvgIpc) is 2.97. The summed E-state index contributed by atoms with van der Waals surface area (Å²) >= 11 is 0. The molecular formula is C16H25F3N2O5. The van der Waals surface area contributed by atoms with Crippen molar-refractivity contribution in [3.8, 4) is 0 Å². The van der Waals surface area contributed by atoms with Gasteiger partial charge in [-0.2, -0.15) is 13.2 Å². The van der Waals surface area contributed by atoms with Gasteiger partial charge in [-0.25, -0.2) is 9.59 Å². The van der Waals surface area contributed by atoms with E-state index in [0.717, 1.165) is 11.8 Å². The van der Waals surface area contributed by atoms with Crippen LogP contribution in [0.4, 0.5) is 22.8 Å². The van der Waals surface area contributed by atoms with Crippen LogP contribution >= 0.6 is 0 Å². The molecule has 26 heavy (non-hydrogen) atoms. The third-order valence-corrected chi connectivity index (χ3v) is 4.69. The fourth-order valence-electron chi connectivity index (χ4n) is 3.26. The minimum absolute atomic E-state index is 0.000930. The van der Waals surface area contributed by atoms with E-state index in [1.54, 1.807) is 20.8 Å². The molecule has 0 aromatic heterocycles. The highest BCUT2D eigenvalue weighted by atomic mass is 19.4. The van der Waals surface area contributed by atoms with Crippen molar-refractivity contribution in [2.24, 2.45) is 5.92 Å². The Labute approximate surface area is 150 Å². The maximum atomic E-state index is 12.8. The first kappa shape index (κ1) is 20.6. The molecule has 7 nitrogen and oxygen atoms in total. The number of ether oxygens (including phenoxy) is 2. The van der Waals surface area contributed by atoms with Crippen LogP contribution in [0.25, 0.3) is 0 Å². The van der Waals surface area contributed by atoms with Gasteiger partial charge in [-0.1, -0.05) is 6.92 Å². The summed E-state index contributed by atoms with van der Waals surface area (Å²) in [6.45, 7) is 5.70. The van der Waals surface area contributed by atoms with Gasteiger partial charge in [0.05, 0.1) is 25.1 Å². The molecule has 0 aromatic rings. The fraction of sp³-hybridized carbons (Fsp3) is 0.875. The van der Waals surface area contributed by atoms with Gasteiger partial charge in [0, 0.05) is 13.1 Å². The lowest BCUT2D eigenvalue weighted by molar-refractivity contribution is -0.195. The van der Waals surface area contributed by atoms with Crippen LogP contribution in [0.2, 0.25) is 0 Å². The number of hydrogen-bond acceptors (Lipinski definition) is 4. The molecule has 150 valence electrons. The molecule has 0 bridgehead atoms. The van der Waals surface area contributed by atoms with Crippen molar-refractivity contribution in [2.75, 3.05) is 26.2 Å². The van der Waals surface area contributed by atoms with E-state index < -0.39 is 48.1 Å². The minimum Gasteiger partial charge on any atom is -0.465 e. The Hall–Kier alpha value is -1.71. The normalized spacial score (nSPS) is 27.4. The molecule has 2 aliphatic rings. The van der Waals surface area contributed by atoms with Crippen LogP contribution in [-0.4, -0.2) is 76.8 Å². The molecule has 0 aliphatic carbocycles. The van der Waals surface area contributed by atoms with E-state index >= 15 is 0 Å². The number of carboxylic acid groups (broad SMARTS) is 1. The number of hydrogen-bond donors (Lipinski definition) is 1. The van der Waals surface area contributed by atoms with E-state index in [1.165, 1.54) is 4.90 Å². The molecule has 10 heteroatoms. The van der Waals surface area contributed by atoms with Crippen molar-refractivity contribution in [1.82, 2.24) is 9.80 Å². The largest absolute Gasteiger partial charge is 0.465 e. The molecule has 2 fully saturated rings. The van der Waals surface area contributed by atoms with E-state index in [2.05, 4.69) is 0 Å². The van der Waals surface area contributed by atoms with Crippen LogP contribution in [0.15, 0.2) is 0 Å². The highest BCUT2D eigenvalue weighted by Crippen LogP contribution is 2.40. The van der Waals surface area contributed by atoms with Crippen LogP contribution in [0.3, 0.4) is 0 Å². The number of rotatable bonds is 3. The van der Waals surface area contributed by atoms with E-state index in [9.17, 15) is 27.9 Å². The van der Waals surface area contributed by atoms with Crippen molar-refractivity contribution < 1.29 is 37.3 Å². The van der Waals surface area contributed by atoms with Gasteiger partial charge in [0.2, 0.25) is 0 Å². The monoisotopic (exact) mass is 382 g/mol. The number of carbonyl (C=O) groups excluding carboxylic acids is 1. The quantitative estimate of drug-likeness (QED) is 0.812. The van der Waals surface area contributed by atoms with E-state index in [4.69, 9.17) is 9.47 Å². The third-order valence-electron chi connectivity index (χ3n) is 4.69. The second kappa shape index (κ2) is 6.79. The first-order valence-electron chi connectivity index (χ1n) is 8.43. The van der Waals surface area contributed by atoms with Gasteiger partial charge in [-0.15, -0.1) is 0 Å². The number of halogens is 3. The first-order chi connectivity index (χ1) is 11.8. The number of fused-ring (bicyclic) bond motifs is 1. The fourth-order valence-corrected chi connectivity index (χ4v) is 3.26. The Bertz CT molecular complexity index is 563. The second-order valence-electron chi connectivity index (χ2n) is 7.92. The van der Waals surface area contributed by atoms with Gasteiger partial charge in [0.1, 0.15) is 11.2 Å². The maximum Gasteiger partial charge on any atom is 0.410 e. The maximum absolute atomic E-state index is 12.8. The standard InChI is InChI=1S/C16H25F3N2O5/c1-10(16(17,18)19)8-25-15-5-6-21(12(22)23)11(15)7-20(9-15)13(24)26-14(2,3)4/h10-11H,5-9H2,1-4H3,(H,22,23)/t10-,11+,15+/m0/s1. The van der Waals surface area contributed by atoms with Crippen molar-refractivity contribution >= 4 is 12.2 Å². The number of carbonyl (C=O) groups is 2. The molecule has 2 saturated heterocycles. The van der Waals surface area contributed by atoms with E-state index in [-0.39, 0.29) is 26.1 Å². The molecule has 1 N–H and O–H groups in total. The predicted molar refractivity (Wildman–Crippen MR) is 84.8 cm³/mol. The first-order valence-corrected chi connectivity index (χ1v) is 8.43. The van der Waals surface area contributed by atoms with E-state index in [0.29, 0.717) is 0 Å². The smallest absolute Gasteiger partial charge is 0.410 e. The highest BCUT2D eigenvalue weighted by molar-refractivity contribution is 5.70. The summed E-state index contributed by atoms with van der Waals surface area (Å²) in [5.74, 6) is -1.69. The molecule has 0 aromatic carbocycles. The molecule has 0 saturated carbocycles. The molecule has 0 unspecified atom stereocenters. The van der Waals surface area contributed by atoms with Crippen molar-refractivity contribution in [1.29, 1.82) is 0 Å². The average molecular weight is 382 g/mol. The molecular weight excluding hydrogens is 357 g/mol. The van der Waals surface area contributed by atoms with Crippen LogP contribution in [0, 0.1) is 5.92 Å². The van der Waals surface area contributed by atoms with Gasteiger partial charge in [0.15, 0.2) is 0 Å². The second-order valence-corrected chi connectivity index (χ2v) is 7.92. The topological polar surface area (TPSA) is 79.3 Å².